The molecule has 1 fully saturated rings. The van der Waals surface area contributed by atoms with Gasteiger partial charge in [-0.15, -0.1) is 0 Å². The van der Waals surface area contributed by atoms with E-state index in [0.717, 1.165) is 18.4 Å². The molecule has 1 heterocycles. The van der Waals surface area contributed by atoms with Gasteiger partial charge < -0.3 is 10.6 Å². The number of anilines is 1. The van der Waals surface area contributed by atoms with Crippen molar-refractivity contribution in [2.24, 2.45) is 0 Å². The molecule has 0 saturated heterocycles. The number of hydrogen-bond acceptors (Lipinski definition) is 3. The highest BCUT2D eigenvalue weighted by Crippen LogP contribution is 2.28. The first-order valence-electron chi connectivity index (χ1n) is 6.84. The molecule has 0 bridgehead atoms. The molecular formula is C15H18N4O. The number of rotatable bonds is 5. The summed E-state index contributed by atoms with van der Waals surface area (Å²) in [4.78, 5) is 14.4. The lowest BCUT2D eigenvalue weighted by Gasteiger charge is -2.22. The highest BCUT2D eigenvalue weighted by Gasteiger charge is 2.32. The van der Waals surface area contributed by atoms with Crippen molar-refractivity contribution in [1.29, 1.82) is 0 Å². The highest BCUT2D eigenvalue weighted by molar-refractivity contribution is 5.76. The van der Waals surface area contributed by atoms with E-state index in [-0.39, 0.29) is 12.5 Å². The van der Waals surface area contributed by atoms with Crippen LogP contribution in [0.2, 0.25) is 0 Å². The van der Waals surface area contributed by atoms with Gasteiger partial charge in [0.05, 0.1) is 11.9 Å². The fourth-order valence-corrected chi connectivity index (χ4v) is 2.28. The molecule has 0 aliphatic heterocycles. The molecule has 20 heavy (non-hydrogen) atoms. The number of hydrogen-bond donors (Lipinski definition) is 1. The van der Waals surface area contributed by atoms with Gasteiger partial charge in [-0.2, -0.15) is 5.10 Å². The van der Waals surface area contributed by atoms with Crippen molar-refractivity contribution in [3.8, 4) is 0 Å². The number of nitrogens with zero attached hydrogens (tertiary/aromatic N) is 3. The summed E-state index contributed by atoms with van der Waals surface area (Å²) in [5, 5.41) is 4.07. The molecule has 0 atom stereocenters. The molecule has 1 saturated carbocycles. The zero-order valence-electron chi connectivity index (χ0n) is 11.3. The Kier molecular flexibility index (Phi) is 3.41. The lowest BCUT2D eigenvalue weighted by molar-refractivity contribution is -0.133. The van der Waals surface area contributed by atoms with Crippen molar-refractivity contribution in [1.82, 2.24) is 14.7 Å². The van der Waals surface area contributed by atoms with Gasteiger partial charge in [0.15, 0.2) is 0 Å². The van der Waals surface area contributed by atoms with Gasteiger partial charge in [-0.25, -0.2) is 0 Å². The van der Waals surface area contributed by atoms with Gasteiger partial charge in [-0.3, -0.25) is 9.48 Å². The highest BCUT2D eigenvalue weighted by atomic mass is 16.2. The summed E-state index contributed by atoms with van der Waals surface area (Å²) in [6.07, 6.45) is 5.44. The van der Waals surface area contributed by atoms with Crippen molar-refractivity contribution in [2.45, 2.75) is 32.0 Å². The third kappa shape index (κ3) is 2.99. The molecule has 5 nitrogen and oxygen atoms in total. The average molecular weight is 270 g/mol. The number of amides is 1. The van der Waals surface area contributed by atoms with E-state index in [4.69, 9.17) is 5.73 Å². The number of carbonyl (C=O) groups is 1. The first-order chi connectivity index (χ1) is 9.72. The number of nitrogen functional groups attached to an aromatic ring is 1. The monoisotopic (exact) mass is 270 g/mol. The zero-order chi connectivity index (χ0) is 13.9. The van der Waals surface area contributed by atoms with E-state index in [1.165, 1.54) is 0 Å². The van der Waals surface area contributed by atoms with Gasteiger partial charge in [-0.05, 0) is 18.4 Å². The molecule has 0 unspecified atom stereocenters. The lowest BCUT2D eigenvalue weighted by Crippen LogP contribution is -2.35. The summed E-state index contributed by atoms with van der Waals surface area (Å²) in [7, 11) is 0. The Morgan fingerprint density at radius 2 is 2.10 bits per heavy atom. The Morgan fingerprint density at radius 1 is 1.35 bits per heavy atom. The predicted molar refractivity (Wildman–Crippen MR) is 76.7 cm³/mol. The molecule has 2 aromatic rings. The predicted octanol–water partition coefficient (Wildman–Crippen LogP) is 1.66. The van der Waals surface area contributed by atoms with Crippen LogP contribution in [0.3, 0.4) is 0 Å². The smallest absolute Gasteiger partial charge is 0.244 e. The van der Waals surface area contributed by atoms with Gasteiger partial charge in [0.25, 0.3) is 0 Å². The largest absolute Gasteiger partial charge is 0.396 e. The van der Waals surface area contributed by atoms with Crippen LogP contribution in [0.25, 0.3) is 0 Å². The van der Waals surface area contributed by atoms with Crippen LogP contribution in [-0.4, -0.2) is 26.6 Å². The third-order valence-corrected chi connectivity index (χ3v) is 3.45. The van der Waals surface area contributed by atoms with E-state index in [1.807, 2.05) is 23.1 Å². The molecule has 0 spiro atoms. The summed E-state index contributed by atoms with van der Waals surface area (Å²) in [5.41, 5.74) is 7.36. The number of benzene rings is 1. The van der Waals surface area contributed by atoms with Crippen LogP contribution in [0.1, 0.15) is 18.4 Å². The fourth-order valence-electron chi connectivity index (χ4n) is 2.28. The Labute approximate surface area is 118 Å². The Balaban J connectivity index is 1.69. The molecule has 104 valence electrons. The van der Waals surface area contributed by atoms with Crippen LogP contribution >= 0.6 is 0 Å². The summed E-state index contributed by atoms with van der Waals surface area (Å²) in [5.74, 6) is 0.0967. The van der Waals surface area contributed by atoms with Crippen LogP contribution < -0.4 is 5.73 Å². The minimum absolute atomic E-state index is 0.0967. The van der Waals surface area contributed by atoms with Crippen molar-refractivity contribution in [2.75, 3.05) is 5.73 Å². The van der Waals surface area contributed by atoms with Gasteiger partial charge in [-0.1, -0.05) is 30.3 Å². The SMILES string of the molecule is Nc1cnn(CC(=O)N(Cc2ccccc2)C2CC2)c1. The van der Waals surface area contributed by atoms with Gasteiger partial charge >= 0.3 is 0 Å². The summed E-state index contributed by atoms with van der Waals surface area (Å²) < 4.78 is 1.60. The Bertz CT molecular complexity index is 589. The molecule has 1 aromatic carbocycles. The van der Waals surface area contributed by atoms with Gasteiger partial charge in [0, 0.05) is 18.8 Å². The van der Waals surface area contributed by atoms with Crippen LogP contribution in [0, 0.1) is 0 Å². The maximum Gasteiger partial charge on any atom is 0.244 e. The van der Waals surface area contributed by atoms with Crippen molar-refractivity contribution >= 4 is 11.6 Å². The van der Waals surface area contributed by atoms with Crippen LogP contribution in [0.5, 0.6) is 0 Å². The van der Waals surface area contributed by atoms with E-state index >= 15 is 0 Å². The summed E-state index contributed by atoms with van der Waals surface area (Å²) in [6.45, 7) is 0.918. The zero-order valence-corrected chi connectivity index (χ0v) is 11.3. The van der Waals surface area contributed by atoms with Gasteiger partial charge in [0.1, 0.15) is 6.54 Å². The second-order valence-corrected chi connectivity index (χ2v) is 5.21. The van der Waals surface area contributed by atoms with Crippen LogP contribution in [0.15, 0.2) is 42.7 Å². The fraction of sp³-hybridized carbons (Fsp3) is 0.333. The standard InChI is InChI=1S/C15H18N4O/c16-13-8-17-18(10-13)11-15(20)19(14-6-7-14)9-12-4-2-1-3-5-12/h1-5,8,10,14H,6-7,9,11,16H2. The van der Waals surface area contributed by atoms with Crippen LogP contribution in [-0.2, 0) is 17.9 Å². The molecule has 1 aromatic heterocycles. The lowest BCUT2D eigenvalue weighted by atomic mass is 10.2. The molecule has 1 aliphatic carbocycles. The maximum atomic E-state index is 12.4. The second kappa shape index (κ2) is 5.36. The topological polar surface area (TPSA) is 64.1 Å². The van der Waals surface area contributed by atoms with Crippen molar-refractivity contribution < 1.29 is 4.79 Å². The Morgan fingerprint density at radius 3 is 2.70 bits per heavy atom. The molecule has 0 radical (unpaired) electrons. The molecule has 1 amide bonds. The van der Waals surface area contributed by atoms with Crippen molar-refractivity contribution in [3.63, 3.8) is 0 Å². The Hall–Kier alpha value is -2.30. The maximum absolute atomic E-state index is 12.4. The number of aromatic nitrogens is 2. The normalized spacial score (nSPS) is 14.2. The molecule has 1 aliphatic rings. The molecule has 2 N–H and O–H groups in total. The number of nitrogens with two attached hydrogens (primary N) is 1. The van der Waals surface area contributed by atoms with Crippen LogP contribution in [0.4, 0.5) is 5.69 Å². The quantitative estimate of drug-likeness (QED) is 0.898. The summed E-state index contributed by atoms with van der Waals surface area (Å²) in [6, 6.07) is 10.5. The van der Waals surface area contributed by atoms with E-state index in [1.54, 1.807) is 17.1 Å². The van der Waals surface area contributed by atoms with E-state index in [9.17, 15) is 4.79 Å². The number of carbonyl (C=O) groups excluding carboxylic acids is 1. The van der Waals surface area contributed by atoms with Crippen molar-refractivity contribution in [3.05, 3.63) is 48.3 Å². The minimum atomic E-state index is 0.0967. The van der Waals surface area contributed by atoms with E-state index < -0.39 is 0 Å². The third-order valence-electron chi connectivity index (χ3n) is 3.45. The first-order valence-corrected chi connectivity index (χ1v) is 6.84. The molecular weight excluding hydrogens is 252 g/mol. The minimum Gasteiger partial charge on any atom is -0.396 e. The van der Waals surface area contributed by atoms with E-state index in [2.05, 4.69) is 17.2 Å². The average Bonchev–Trinajstić information content (AvgIpc) is 3.21. The first kappa shape index (κ1) is 12.7. The second-order valence-electron chi connectivity index (χ2n) is 5.21. The van der Waals surface area contributed by atoms with Gasteiger partial charge in [0.2, 0.25) is 5.91 Å². The molecule has 5 heteroatoms. The summed E-state index contributed by atoms with van der Waals surface area (Å²) >= 11 is 0. The van der Waals surface area contributed by atoms with E-state index in [0.29, 0.717) is 18.3 Å². The molecule has 3 rings (SSSR count).